The van der Waals surface area contributed by atoms with E-state index in [1.807, 2.05) is 0 Å². The number of benzene rings is 1. The van der Waals surface area contributed by atoms with Gasteiger partial charge in [0.1, 0.15) is 17.8 Å². The molecule has 1 amide bonds. The zero-order chi connectivity index (χ0) is 29.1. The molecule has 5 rings (SSSR count). The summed E-state index contributed by atoms with van der Waals surface area (Å²) in [5, 5.41) is 2.60. The van der Waals surface area contributed by atoms with Crippen LogP contribution in [0.5, 0.6) is 23.1 Å². The standard InChI is InChI=1S/C30H30F2N4O5/c1-17-26(18-6-4-5-7-18)28(37)20(16-36(17)13-11-31)29(38)34-19-8-9-23(21(32)14-19)41-24-10-12-33-22-15-25(39-2)30(40-3)35-27(22)24/h8-10,12,14-16,18H,4-7,11,13H2,1-3H3,(H,34,38). The molecule has 41 heavy (non-hydrogen) atoms. The highest BCUT2D eigenvalue weighted by Crippen LogP contribution is 2.36. The molecule has 0 unspecified atom stereocenters. The van der Waals surface area contributed by atoms with Crippen LogP contribution in [-0.2, 0) is 6.54 Å². The minimum atomic E-state index is -0.751. The Bertz CT molecular complexity index is 1670. The number of halogens is 2. The van der Waals surface area contributed by atoms with Gasteiger partial charge in [-0.25, -0.2) is 13.8 Å². The molecule has 0 atom stereocenters. The Hall–Kier alpha value is -4.54. The number of hydrogen-bond donors (Lipinski definition) is 1. The van der Waals surface area contributed by atoms with Crippen LogP contribution >= 0.6 is 0 Å². The number of pyridine rings is 3. The Morgan fingerprint density at radius 2 is 1.88 bits per heavy atom. The zero-order valence-electron chi connectivity index (χ0n) is 23.0. The lowest BCUT2D eigenvalue weighted by Crippen LogP contribution is -2.29. The number of ether oxygens (including phenoxy) is 3. The fourth-order valence-electron chi connectivity index (χ4n) is 5.32. The van der Waals surface area contributed by atoms with Gasteiger partial charge in [0.2, 0.25) is 0 Å². The summed E-state index contributed by atoms with van der Waals surface area (Å²) in [6.45, 7) is 1.18. The molecule has 4 aromatic rings. The molecule has 1 aliphatic rings. The van der Waals surface area contributed by atoms with E-state index in [-0.39, 0.29) is 46.5 Å². The lowest BCUT2D eigenvalue weighted by Gasteiger charge is -2.19. The van der Waals surface area contributed by atoms with E-state index in [9.17, 15) is 14.0 Å². The van der Waals surface area contributed by atoms with E-state index in [0.29, 0.717) is 28.0 Å². The van der Waals surface area contributed by atoms with Gasteiger partial charge in [0.05, 0.1) is 26.3 Å². The number of anilines is 1. The lowest BCUT2D eigenvalue weighted by atomic mass is 9.94. The van der Waals surface area contributed by atoms with Crippen LogP contribution in [0.4, 0.5) is 14.5 Å². The molecule has 0 aliphatic heterocycles. The number of rotatable bonds is 9. The number of amides is 1. The third kappa shape index (κ3) is 5.57. The van der Waals surface area contributed by atoms with Gasteiger partial charge in [0.25, 0.3) is 11.8 Å². The topological polar surface area (TPSA) is 105 Å². The van der Waals surface area contributed by atoms with Crippen LogP contribution in [0.25, 0.3) is 11.0 Å². The summed E-state index contributed by atoms with van der Waals surface area (Å²) >= 11 is 0. The molecule has 3 aromatic heterocycles. The van der Waals surface area contributed by atoms with Crippen molar-refractivity contribution in [2.75, 3.05) is 26.2 Å². The monoisotopic (exact) mass is 564 g/mol. The first-order valence-corrected chi connectivity index (χ1v) is 13.3. The van der Waals surface area contributed by atoms with Crippen LogP contribution < -0.4 is 25.0 Å². The normalized spacial score (nSPS) is 13.4. The van der Waals surface area contributed by atoms with Crippen LogP contribution in [0.1, 0.15) is 53.2 Å². The summed E-state index contributed by atoms with van der Waals surface area (Å²) in [4.78, 5) is 35.2. The first-order valence-electron chi connectivity index (χ1n) is 13.3. The summed E-state index contributed by atoms with van der Waals surface area (Å²) < 4.78 is 46.4. The molecule has 1 fully saturated rings. The second-order valence-corrected chi connectivity index (χ2v) is 9.81. The molecule has 1 aliphatic carbocycles. The molecule has 1 saturated carbocycles. The maximum absolute atomic E-state index is 15.2. The van der Waals surface area contributed by atoms with Gasteiger partial charge in [-0.3, -0.25) is 14.6 Å². The smallest absolute Gasteiger partial charge is 0.261 e. The van der Waals surface area contributed by atoms with Crippen molar-refractivity contribution in [3.8, 4) is 23.1 Å². The van der Waals surface area contributed by atoms with Gasteiger partial charge in [-0.05, 0) is 37.8 Å². The average molecular weight is 565 g/mol. The molecule has 0 bridgehead atoms. The minimum absolute atomic E-state index is 0.0317. The van der Waals surface area contributed by atoms with Crippen LogP contribution in [0.3, 0.4) is 0 Å². The molecular weight excluding hydrogens is 534 g/mol. The van der Waals surface area contributed by atoms with E-state index in [4.69, 9.17) is 14.2 Å². The first-order chi connectivity index (χ1) is 19.8. The van der Waals surface area contributed by atoms with Crippen LogP contribution in [0.2, 0.25) is 0 Å². The molecule has 214 valence electrons. The summed E-state index contributed by atoms with van der Waals surface area (Å²) in [7, 11) is 2.93. The number of alkyl halides is 1. The van der Waals surface area contributed by atoms with Gasteiger partial charge in [-0.2, -0.15) is 0 Å². The Labute approximate surface area is 235 Å². The molecule has 3 heterocycles. The average Bonchev–Trinajstić information content (AvgIpc) is 3.50. The van der Waals surface area contributed by atoms with E-state index >= 15 is 4.39 Å². The number of fused-ring (bicyclic) bond motifs is 1. The minimum Gasteiger partial charge on any atom is -0.491 e. The van der Waals surface area contributed by atoms with Crippen molar-refractivity contribution in [1.29, 1.82) is 0 Å². The number of hydrogen-bond acceptors (Lipinski definition) is 7. The maximum Gasteiger partial charge on any atom is 0.261 e. The zero-order valence-corrected chi connectivity index (χ0v) is 23.0. The first kappa shape index (κ1) is 28.0. The van der Waals surface area contributed by atoms with E-state index in [1.165, 1.54) is 44.8 Å². The molecule has 0 spiro atoms. The number of methoxy groups -OCH3 is 2. The largest absolute Gasteiger partial charge is 0.491 e. The SMILES string of the molecule is COc1cc2nccc(Oc3ccc(NC(=O)c4cn(CCF)c(C)c(C5CCCC5)c4=O)cc3F)c2nc1OC. The Kier molecular flexibility index (Phi) is 8.14. The third-order valence-corrected chi connectivity index (χ3v) is 7.36. The Morgan fingerprint density at radius 1 is 1.10 bits per heavy atom. The molecule has 0 radical (unpaired) electrons. The second-order valence-electron chi connectivity index (χ2n) is 9.81. The van der Waals surface area contributed by atoms with Crippen LogP contribution in [0.15, 0.2) is 47.5 Å². The number of carbonyl (C=O) groups is 1. The number of nitrogens with zero attached hydrogens (tertiary/aromatic N) is 3. The maximum atomic E-state index is 15.2. The second kappa shape index (κ2) is 11.9. The van der Waals surface area contributed by atoms with E-state index in [2.05, 4.69) is 15.3 Å². The summed E-state index contributed by atoms with van der Waals surface area (Å²) in [6, 6.07) is 7.09. The van der Waals surface area contributed by atoms with Crippen molar-refractivity contribution in [3.63, 3.8) is 0 Å². The number of nitrogens with one attached hydrogen (secondary N) is 1. The van der Waals surface area contributed by atoms with Crippen molar-refractivity contribution in [3.05, 3.63) is 75.6 Å². The third-order valence-electron chi connectivity index (χ3n) is 7.36. The number of aromatic nitrogens is 3. The van der Waals surface area contributed by atoms with Gasteiger partial charge >= 0.3 is 0 Å². The quantitative estimate of drug-likeness (QED) is 0.269. The fraction of sp³-hybridized carbons (Fsp3) is 0.333. The summed E-state index contributed by atoms with van der Waals surface area (Å²) in [6.07, 6.45) is 6.59. The van der Waals surface area contributed by atoms with Crippen LogP contribution in [0, 0.1) is 12.7 Å². The Balaban J connectivity index is 1.41. The molecule has 1 aromatic carbocycles. The molecule has 0 saturated heterocycles. The van der Waals surface area contributed by atoms with Gasteiger partial charge in [0.15, 0.2) is 28.5 Å². The predicted molar refractivity (Wildman–Crippen MR) is 150 cm³/mol. The lowest BCUT2D eigenvalue weighted by molar-refractivity contribution is 0.102. The van der Waals surface area contributed by atoms with Gasteiger partial charge in [-0.1, -0.05) is 12.8 Å². The van der Waals surface area contributed by atoms with Crippen molar-refractivity contribution in [1.82, 2.24) is 14.5 Å². The summed E-state index contributed by atoms with van der Waals surface area (Å²) in [5.74, 6) is -0.686. The fourth-order valence-corrected chi connectivity index (χ4v) is 5.32. The Morgan fingerprint density at radius 3 is 2.56 bits per heavy atom. The highest BCUT2D eigenvalue weighted by molar-refractivity contribution is 6.04. The van der Waals surface area contributed by atoms with E-state index < -0.39 is 18.4 Å². The summed E-state index contributed by atoms with van der Waals surface area (Å²) in [5.41, 5.74) is 1.69. The predicted octanol–water partition coefficient (Wildman–Crippen LogP) is 5.93. The van der Waals surface area contributed by atoms with Crippen molar-refractivity contribution >= 4 is 22.6 Å². The van der Waals surface area contributed by atoms with Crippen molar-refractivity contribution in [2.45, 2.75) is 45.1 Å². The molecule has 11 heteroatoms. The molecule has 9 nitrogen and oxygen atoms in total. The highest BCUT2D eigenvalue weighted by atomic mass is 19.1. The highest BCUT2D eigenvalue weighted by Gasteiger charge is 2.26. The van der Waals surface area contributed by atoms with Crippen molar-refractivity contribution in [2.24, 2.45) is 0 Å². The number of carbonyl (C=O) groups excluding carboxylic acids is 1. The van der Waals surface area contributed by atoms with E-state index in [1.54, 1.807) is 17.6 Å². The molecule has 1 N–H and O–H groups in total. The van der Waals surface area contributed by atoms with Crippen LogP contribution in [-0.4, -0.2) is 41.3 Å². The van der Waals surface area contributed by atoms with E-state index in [0.717, 1.165) is 31.7 Å². The molecular formula is C30H30F2N4O5. The number of aryl methyl sites for hydroxylation is 1. The van der Waals surface area contributed by atoms with Gasteiger partial charge < -0.3 is 24.1 Å². The van der Waals surface area contributed by atoms with Gasteiger partial charge in [-0.15, -0.1) is 0 Å². The van der Waals surface area contributed by atoms with Crippen molar-refractivity contribution < 1.29 is 27.8 Å². The van der Waals surface area contributed by atoms with Gasteiger partial charge in [0, 0.05) is 47.5 Å².